The van der Waals surface area contributed by atoms with Gasteiger partial charge in [-0.05, 0) is 31.4 Å². The van der Waals surface area contributed by atoms with Crippen LogP contribution in [0.2, 0.25) is 0 Å². The number of rotatable bonds is 9. The summed E-state index contributed by atoms with van der Waals surface area (Å²) in [4.78, 5) is 12.2. The maximum atomic E-state index is 12.2. The zero-order valence-electron chi connectivity index (χ0n) is 14.6. The molecule has 3 atom stereocenters. The molecular weight excluding hydrogens is 320 g/mol. The highest BCUT2D eigenvalue weighted by Gasteiger charge is 2.38. The van der Waals surface area contributed by atoms with Crippen LogP contribution in [0.5, 0.6) is 0 Å². The van der Waals surface area contributed by atoms with Gasteiger partial charge in [-0.3, -0.25) is 0 Å². The molecule has 25 heavy (non-hydrogen) atoms. The van der Waals surface area contributed by atoms with Crippen molar-refractivity contribution in [3.8, 4) is 0 Å². The van der Waals surface area contributed by atoms with Gasteiger partial charge in [-0.15, -0.1) is 0 Å². The van der Waals surface area contributed by atoms with Crippen LogP contribution < -0.4 is 0 Å². The van der Waals surface area contributed by atoms with Crippen LogP contribution in [0.15, 0.2) is 54.8 Å². The van der Waals surface area contributed by atoms with E-state index in [4.69, 9.17) is 14.2 Å². The lowest BCUT2D eigenvalue weighted by atomic mass is 9.80. The average Bonchev–Trinajstić information content (AvgIpc) is 2.65. The summed E-state index contributed by atoms with van der Waals surface area (Å²) in [6.07, 6.45) is 4.13. The minimum Gasteiger partial charge on any atom is -0.457 e. The van der Waals surface area contributed by atoms with Crippen LogP contribution in [0.3, 0.4) is 0 Å². The first-order valence-corrected chi connectivity index (χ1v) is 8.65. The van der Waals surface area contributed by atoms with E-state index in [-0.39, 0.29) is 30.8 Å². The Kier molecular flexibility index (Phi) is 7.70. The highest BCUT2D eigenvalue weighted by Crippen LogP contribution is 2.39. The number of hydrogen-bond donors (Lipinski definition) is 1. The predicted octanol–water partition coefficient (Wildman–Crippen LogP) is 3.16. The van der Waals surface area contributed by atoms with Crippen LogP contribution in [-0.2, 0) is 19.0 Å². The quantitative estimate of drug-likeness (QED) is 0.550. The summed E-state index contributed by atoms with van der Waals surface area (Å²) in [7, 11) is 0. The molecule has 1 aromatic rings. The number of carbonyl (C=O) groups excluding carboxylic acids is 1. The van der Waals surface area contributed by atoms with E-state index in [9.17, 15) is 9.90 Å². The van der Waals surface area contributed by atoms with Gasteiger partial charge in [0.1, 0.15) is 6.61 Å². The van der Waals surface area contributed by atoms with Gasteiger partial charge in [0.05, 0.1) is 0 Å². The third-order valence-corrected chi connectivity index (χ3v) is 4.13. The largest absolute Gasteiger partial charge is 0.457 e. The molecule has 0 radical (unpaired) electrons. The topological polar surface area (TPSA) is 65.0 Å². The number of esters is 1. The van der Waals surface area contributed by atoms with E-state index in [2.05, 4.69) is 6.58 Å². The summed E-state index contributed by atoms with van der Waals surface area (Å²) in [5.74, 6) is -0.407. The molecule has 1 heterocycles. The lowest BCUT2D eigenvalue weighted by Gasteiger charge is -2.36. The maximum absolute atomic E-state index is 12.2. The molecule has 136 valence electrons. The van der Waals surface area contributed by atoms with E-state index in [1.165, 1.54) is 6.08 Å². The van der Waals surface area contributed by atoms with Crippen LogP contribution in [0, 0.1) is 5.92 Å². The van der Waals surface area contributed by atoms with E-state index in [0.29, 0.717) is 13.0 Å². The van der Waals surface area contributed by atoms with Crippen molar-refractivity contribution in [1.82, 2.24) is 0 Å². The Morgan fingerprint density at radius 2 is 2.12 bits per heavy atom. The van der Waals surface area contributed by atoms with E-state index in [1.54, 1.807) is 6.08 Å². The Morgan fingerprint density at radius 1 is 1.36 bits per heavy atom. The van der Waals surface area contributed by atoms with E-state index in [0.717, 1.165) is 12.0 Å². The molecule has 0 aliphatic carbocycles. The number of aliphatic hydroxyl groups is 1. The highest BCUT2D eigenvalue weighted by atomic mass is 16.7. The summed E-state index contributed by atoms with van der Waals surface area (Å²) in [5.41, 5.74) is 1.08. The summed E-state index contributed by atoms with van der Waals surface area (Å²) < 4.78 is 16.7. The van der Waals surface area contributed by atoms with Crippen LogP contribution in [0.25, 0.3) is 0 Å². The van der Waals surface area contributed by atoms with Crippen molar-refractivity contribution in [3.63, 3.8) is 0 Å². The Morgan fingerprint density at radius 3 is 2.76 bits per heavy atom. The first-order valence-electron chi connectivity index (χ1n) is 8.65. The predicted molar refractivity (Wildman–Crippen MR) is 94.7 cm³/mol. The molecule has 0 unspecified atom stereocenters. The molecule has 1 aromatic carbocycles. The summed E-state index contributed by atoms with van der Waals surface area (Å²) in [6.45, 7) is 6.13. The smallest absolute Gasteiger partial charge is 0.373 e. The number of ether oxygens (including phenoxy) is 3. The summed E-state index contributed by atoms with van der Waals surface area (Å²) >= 11 is 0. The molecule has 0 fully saturated rings. The number of allylic oxidation sites excluding steroid dienone is 1. The molecule has 1 aliphatic rings. The van der Waals surface area contributed by atoms with Gasteiger partial charge in [0.15, 0.2) is 0 Å². The molecule has 0 amide bonds. The summed E-state index contributed by atoms with van der Waals surface area (Å²) in [6, 6.07) is 9.93. The third kappa shape index (κ3) is 5.18. The first-order chi connectivity index (χ1) is 12.2. The Balaban J connectivity index is 2.34. The second-order valence-corrected chi connectivity index (χ2v) is 5.83. The SMILES string of the molecule is C=CCOC(=O)C1=C[C@@H](c2ccccc2)[C@@H](CCCO)[C@@H](OCC)O1. The van der Waals surface area contributed by atoms with Gasteiger partial charge >= 0.3 is 5.97 Å². The molecule has 5 nitrogen and oxygen atoms in total. The van der Waals surface area contributed by atoms with Crippen molar-refractivity contribution in [2.24, 2.45) is 5.92 Å². The standard InChI is InChI=1S/C20H26O5/c1-3-13-24-19(22)18-14-17(15-9-6-5-7-10-15)16(11-8-12-21)20(25-18)23-4-2/h3,5-7,9-10,14,16-17,20-21H,1,4,8,11-13H2,2H3/t16-,17+,20+/m1/s1. The summed E-state index contributed by atoms with van der Waals surface area (Å²) in [5, 5.41) is 9.23. The van der Waals surface area contributed by atoms with Gasteiger partial charge in [0.25, 0.3) is 0 Å². The first kappa shape index (κ1) is 19.2. The zero-order valence-corrected chi connectivity index (χ0v) is 14.6. The molecule has 5 heteroatoms. The van der Waals surface area contributed by atoms with Gasteiger partial charge in [-0.1, -0.05) is 43.0 Å². The molecule has 0 saturated heterocycles. The maximum Gasteiger partial charge on any atom is 0.373 e. The van der Waals surface area contributed by atoms with Gasteiger partial charge in [0.2, 0.25) is 12.0 Å². The second kappa shape index (κ2) is 10.0. The Bertz CT molecular complexity index is 581. The molecular formula is C20H26O5. The number of hydrogen-bond acceptors (Lipinski definition) is 5. The number of benzene rings is 1. The van der Waals surface area contributed by atoms with Crippen LogP contribution >= 0.6 is 0 Å². The zero-order chi connectivity index (χ0) is 18.1. The van der Waals surface area contributed by atoms with Crippen molar-refractivity contribution < 1.29 is 24.1 Å². The molecule has 1 aliphatic heterocycles. The molecule has 0 spiro atoms. The molecule has 0 saturated carbocycles. The minimum atomic E-state index is -0.557. The van der Waals surface area contributed by atoms with Gasteiger partial charge < -0.3 is 19.3 Å². The van der Waals surface area contributed by atoms with Gasteiger partial charge in [0, 0.05) is 25.0 Å². The number of aliphatic hydroxyl groups excluding tert-OH is 1. The van der Waals surface area contributed by atoms with E-state index >= 15 is 0 Å². The molecule has 0 aromatic heterocycles. The molecule has 1 N–H and O–H groups in total. The third-order valence-electron chi connectivity index (χ3n) is 4.13. The van der Waals surface area contributed by atoms with Crippen molar-refractivity contribution in [3.05, 3.63) is 60.4 Å². The fourth-order valence-corrected chi connectivity index (χ4v) is 3.01. The highest BCUT2D eigenvalue weighted by molar-refractivity contribution is 5.86. The van der Waals surface area contributed by atoms with Crippen LogP contribution in [0.4, 0.5) is 0 Å². The monoisotopic (exact) mass is 346 g/mol. The Labute approximate surface area is 148 Å². The van der Waals surface area contributed by atoms with Crippen LogP contribution in [-0.4, -0.2) is 37.2 Å². The fraction of sp³-hybridized carbons (Fsp3) is 0.450. The van der Waals surface area contributed by atoms with Crippen molar-refractivity contribution in [1.29, 1.82) is 0 Å². The lowest BCUT2D eigenvalue weighted by molar-refractivity contribution is -0.175. The van der Waals surface area contributed by atoms with Gasteiger partial charge in [-0.2, -0.15) is 0 Å². The van der Waals surface area contributed by atoms with E-state index in [1.807, 2.05) is 37.3 Å². The van der Waals surface area contributed by atoms with E-state index < -0.39 is 12.3 Å². The normalized spacial score (nSPS) is 22.6. The molecule has 2 rings (SSSR count). The molecule has 0 bridgehead atoms. The Hall–Kier alpha value is -2.11. The fourth-order valence-electron chi connectivity index (χ4n) is 3.01. The van der Waals surface area contributed by atoms with Crippen molar-refractivity contribution in [2.45, 2.75) is 32.0 Å². The van der Waals surface area contributed by atoms with Crippen LogP contribution in [0.1, 0.15) is 31.2 Å². The lowest BCUT2D eigenvalue weighted by Crippen LogP contribution is -2.36. The second-order valence-electron chi connectivity index (χ2n) is 5.83. The van der Waals surface area contributed by atoms with Crippen molar-refractivity contribution >= 4 is 5.97 Å². The van der Waals surface area contributed by atoms with Gasteiger partial charge in [-0.25, -0.2) is 4.79 Å². The number of carbonyl (C=O) groups is 1. The minimum absolute atomic E-state index is 0.00505. The van der Waals surface area contributed by atoms with Crippen molar-refractivity contribution in [2.75, 3.05) is 19.8 Å². The average molecular weight is 346 g/mol.